The summed E-state index contributed by atoms with van der Waals surface area (Å²) < 4.78 is 7.23. The first-order chi connectivity index (χ1) is 11.7. The molecule has 24 heavy (non-hydrogen) atoms. The maximum absolute atomic E-state index is 11.9. The number of rotatable bonds is 3. The number of pyridine rings is 1. The predicted molar refractivity (Wildman–Crippen MR) is 89.6 cm³/mol. The van der Waals surface area contributed by atoms with Crippen LogP contribution in [-0.2, 0) is 6.42 Å². The van der Waals surface area contributed by atoms with E-state index in [1.54, 1.807) is 11.6 Å². The standard InChI is InChI=1S/C19H17N3O2/c1-24-17-9-7-15(19-20-18(11-2-3-11)21-22(17)19)13-4-6-14-12(10-13)5-8-16(14)23/h4,6-7,9-11H,2-3,5,8H2,1H3. The molecule has 3 aromatic rings. The van der Waals surface area contributed by atoms with Crippen LogP contribution in [0, 0.1) is 0 Å². The Morgan fingerprint density at radius 2 is 1.96 bits per heavy atom. The molecule has 1 fully saturated rings. The van der Waals surface area contributed by atoms with Crippen LogP contribution < -0.4 is 4.74 Å². The minimum Gasteiger partial charge on any atom is -0.481 e. The molecule has 0 unspecified atom stereocenters. The highest BCUT2D eigenvalue weighted by Crippen LogP contribution is 2.39. The third kappa shape index (κ3) is 1.97. The zero-order valence-electron chi connectivity index (χ0n) is 13.5. The third-order valence-corrected chi connectivity index (χ3v) is 4.96. The Hall–Kier alpha value is -2.69. The summed E-state index contributed by atoms with van der Waals surface area (Å²) in [5, 5.41) is 4.64. The van der Waals surface area contributed by atoms with E-state index in [4.69, 9.17) is 9.72 Å². The summed E-state index contributed by atoms with van der Waals surface area (Å²) in [5.74, 6) is 2.32. The molecular weight excluding hydrogens is 302 g/mol. The molecule has 2 aromatic heterocycles. The van der Waals surface area contributed by atoms with Gasteiger partial charge in [0.25, 0.3) is 0 Å². The van der Waals surface area contributed by atoms with E-state index in [0.717, 1.165) is 53.0 Å². The van der Waals surface area contributed by atoms with Crippen molar-refractivity contribution in [2.45, 2.75) is 31.6 Å². The molecule has 0 radical (unpaired) electrons. The Kier molecular flexibility index (Phi) is 2.80. The molecule has 0 amide bonds. The number of ether oxygens (including phenoxy) is 1. The van der Waals surface area contributed by atoms with Gasteiger partial charge in [-0.2, -0.15) is 4.52 Å². The maximum atomic E-state index is 11.9. The van der Waals surface area contributed by atoms with Crippen LogP contribution in [-0.4, -0.2) is 27.5 Å². The van der Waals surface area contributed by atoms with Crippen molar-refractivity contribution in [1.29, 1.82) is 0 Å². The number of hydrogen-bond acceptors (Lipinski definition) is 4. The molecule has 2 heterocycles. The molecule has 0 N–H and O–H groups in total. The molecule has 2 aliphatic carbocycles. The van der Waals surface area contributed by atoms with Crippen molar-refractivity contribution in [3.05, 3.63) is 47.3 Å². The van der Waals surface area contributed by atoms with E-state index in [-0.39, 0.29) is 5.78 Å². The number of fused-ring (bicyclic) bond motifs is 2. The summed E-state index contributed by atoms with van der Waals surface area (Å²) in [6.07, 6.45) is 3.77. The average Bonchev–Trinajstić information content (AvgIpc) is 3.26. The Labute approximate surface area is 139 Å². The van der Waals surface area contributed by atoms with Gasteiger partial charge in [-0.25, -0.2) is 4.98 Å². The van der Waals surface area contributed by atoms with Crippen molar-refractivity contribution in [3.63, 3.8) is 0 Å². The monoisotopic (exact) mass is 319 g/mol. The van der Waals surface area contributed by atoms with Gasteiger partial charge in [-0.05, 0) is 36.5 Å². The fourth-order valence-electron chi connectivity index (χ4n) is 3.47. The van der Waals surface area contributed by atoms with Gasteiger partial charge in [0.2, 0.25) is 5.88 Å². The summed E-state index contributed by atoms with van der Waals surface area (Å²) in [5.41, 5.74) is 4.92. The van der Waals surface area contributed by atoms with Gasteiger partial charge in [-0.1, -0.05) is 18.2 Å². The first-order valence-electron chi connectivity index (χ1n) is 8.35. The second kappa shape index (κ2) is 4.90. The second-order valence-electron chi connectivity index (χ2n) is 6.56. The molecule has 5 nitrogen and oxygen atoms in total. The third-order valence-electron chi connectivity index (χ3n) is 4.96. The van der Waals surface area contributed by atoms with E-state index in [0.29, 0.717) is 18.2 Å². The van der Waals surface area contributed by atoms with Gasteiger partial charge in [-0.15, -0.1) is 5.10 Å². The van der Waals surface area contributed by atoms with E-state index in [9.17, 15) is 4.79 Å². The fourth-order valence-corrected chi connectivity index (χ4v) is 3.47. The highest BCUT2D eigenvalue weighted by molar-refractivity contribution is 6.01. The van der Waals surface area contributed by atoms with Crippen LogP contribution in [0.3, 0.4) is 0 Å². The molecule has 5 rings (SSSR count). The first-order valence-corrected chi connectivity index (χ1v) is 8.35. The molecule has 0 bridgehead atoms. The molecule has 1 saturated carbocycles. The molecule has 5 heteroatoms. The number of aromatic nitrogens is 3. The second-order valence-corrected chi connectivity index (χ2v) is 6.56. The number of nitrogens with zero attached hydrogens (tertiary/aromatic N) is 3. The quantitative estimate of drug-likeness (QED) is 0.742. The fraction of sp³-hybridized carbons (Fsp3) is 0.316. The van der Waals surface area contributed by atoms with E-state index in [2.05, 4.69) is 11.2 Å². The maximum Gasteiger partial charge on any atom is 0.216 e. The van der Waals surface area contributed by atoms with E-state index < -0.39 is 0 Å². The van der Waals surface area contributed by atoms with Crippen LogP contribution in [0.15, 0.2) is 30.3 Å². The molecule has 1 aromatic carbocycles. The van der Waals surface area contributed by atoms with Gasteiger partial charge in [0.1, 0.15) is 0 Å². The summed E-state index contributed by atoms with van der Waals surface area (Å²) in [6.45, 7) is 0. The smallest absolute Gasteiger partial charge is 0.216 e. The van der Waals surface area contributed by atoms with Crippen LogP contribution >= 0.6 is 0 Å². The zero-order valence-corrected chi connectivity index (χ0v) is 13.5. The Morgan fingerprint density at radius 3 is 2.75 bits per heavy atom. The predicted octanol–water partition coefficient (Wildman–Crippen LogP) is 3.41. The van der Waals surface area contributed by atoms with Crippen molar-refractivity contribution >= 4 is 11.4 Å². The number of methoxy groups -OCH3 is 1. The Balaban J connectivity index is 1.70. The molecule has 2 aliphatic rings. The number of Topliss-reactive ketones (excluding diaryl/α,β-unsaturated/α-hetero) is 1. The van der Waals surface area contributed by atoms with Crippen molar-refractivity contribution in [3.8, 4) is 17.0 Å². The van der Waals surface area contributed by atoms with E-state index in [1.807, 2.05) is 24.3 Å². The molecule has 0 atom stereocenters. The number of ketones is 1. The summed E-state index contributed by atoms with van der Waals surface area (Å²) >= 11 is 0. The highest BCUT2D eigenvalue weighted by atomic mass is 16.5. The number of benzene rings is 1. The van der Waals surface area contributed by atoms with Crippen LogP contribution in [0.1, 0.15) is 46.9 Å². The van der Waals surface area contributed by atoms with Crippen molar-refractivity contribution < 1.29 is 9.53 Å². The first kappa shape index (κ1) is 13.7. The lowest BCUT2D eigenvalue weighted by molar-refractivity contribution is 0.0994. The molecule has 120 valence electrons. The van der Waals surface area contributed by atoms with E-state index in [1.165, 1.54) is 0 Å². The summed E-state index contributed by atoms with van der Waals surface area (Å²) in [4.78, 5) is 16.6. The lowest BCUT2D eigenvalue weighted by Crippen LogP contribution is -1.98. The lowest BCUT2D eigenvalue weighted by atomic mass is 10.0. The van der Waals surface area contributed by atoms with Gasteiger partial charge < -0.3 is 4.74 Å². The van der Waals surface area contributed by atoms with Gasteiger partial charge in [0.15, 0.2) is 17.3 Å². The average molecular weight is 319 g/mol. The van der Waals surface area contributed by atoms with Gasteiger partial charge >= 0.3 is 0 Å². The number of aryl methyl sites for hydroxylation is 1. The Bertz CT molecular complexity index is 986. The van der Waals surface area contributed by atoms with Crippen LogP contribution in [0.5, 0.6) is 5.88 Å². The largest absolute Gasteiger partial charge is 0.481 e. The lowest BCUT2D eigenvalue weighted by Gasteiger charge is -2.08. The van der Waals surface area contributed by atoms with Crippen LogP contribution in [0.25, 0.3) is 16.8 Å². The summed E-state index contributed by atoms with van der Waals surface area (Å²) in [6, 6.07) is 10.0. The Morgan fingerprint density at radius 1 is 1.12 bits per heavy atom. The minimum absolute atomic E-state index is 0.245. The van der Waals surface area contributed by atoms with Crippen LogP contribution in [0.2, 0.25) is 0 Å². The topological polar surface area (TPSA) is 56.5 Å². The molecule has 0 saturated heterocycles. The van der Waals surface area contributed by atoms with E-state index >= 15 is 0 Å². The molecule has 0 aliphatic heterocycles. The van der Waals surface area contributed by atoms with Crippen molar-refractivity contribution in [1.82, 2.24) is 14.6 Å². The van der Waals surface area contributed by atoms with Crippen molar-refractivity contribution in [2.24, 2.45) is 0 Å². The van der Waals surface area contributed by atoms with Gasteiger partial charge in [0.05, 0.1) is 7.11 Å². The zero-order chi connectivity index (χ0) is 16.3. The van der Waals surface area contributed by atoms with Gasteiger partial charge in [-0.3, -0.25) is 4.79 Å². The minimum atomic E-state index is 0.245. The highest BCUT2D eigenvalue weighted by Gasteiger charge is 2.29. The molecule has 0 spiro atoms. The van der Waals surface area contributed by atoms with Crippen molar-refractivity contribution in [2.75, 3.05) is 7.11 Å². The number of hydrogen-bond donors (Lipinski definition) is 0. The molecular formula is C19H17N3O2. The SMILES string of the molecule is COc1ccc(-c2ccc3c(c2)CCC3=O)c2nc(C3CC3)nn12. The van der Waals surface area contributed by atoms with Crippen LogP contribution in [0.4, 0.5) is 0 Å². The number of carbonyl (C=O) groups excluding carboxylic acids is 1. The number of carbonyl (C=O) groups is 1. The normalized spacial score (nSPS) is 16.6. The van der Waals surface area contributed by atoms with Gasteiger partial charge in [0, 0.05) is 29.5 Å². The summed E-state index contributed by atoms with van der Waals surface area (Å²) in [7, 11) is 1.65.